The van der Waals surface area contributed by atoms with Gasteiger partial charge in [-0.3, -0.25) is 0 Å². The molecule has 2 nitrogen and oxygen atoms in total. The molecule has 0 amide bonds. The van der Waals surface area contributed by atoms with E-state index in [9.17, 15) is 0 Å². The Labute approximate surface area is 74.9 Å². The smallest absolute Gasteiger partial charge is 0.0549 e. The molecular formula is C10H19NO. The third-order valence-corrected chi connectivity index (χ3v) is 3.32. The van der Waals surface area contributed by atoms with Crippen molar-refractivity contribution in [1.82, 2.24) is 4.90 Å². The molecule has 70 valence electrons. The molecule has 2 saturated heterocycles. The highest BCUT2D eigenvalue weighted by Gasteiger charge is 2.32. The van der Waals surface area contributed by atoms with Gasteiger partial charge in [0.15, 0.2) is 0 Å². The first-order chi connectivity index (χ1) is 5.75. The summed E-state index contributed by atoms with van der Waals surface area (Å²) in [5.74, 6) is 1.77. The molecule has 0 aromatic carbocycles. The molecule has 0 bridgehead atoms. The Bertz CT molecular complexity index is 142. The summed E-state index contributed by atoms with van der Waals surface area (Å²) in [6.07, 6.45) is 3.18. The second kappa shape index (κ2) is 3.35. The molecule has 2 fully saturated rings. The van der Waals surface area contributed by atoms with E-state index in [0.29, 0.717) is 6.10 Å². The van der Waals surface area contributed by atoms with Crippen molar-refractivity contribution in [3.63, 3.8) is 0 Å². The van der Waals surface area contributed by atoms with Crippen LogP contribution >= 0.6 is 0 Å². The quantitative estimate of drug-likeness (QED) is 0.543. The molecule has 0 aromatic rings. The molecule has 2 aliphatic rings. The van der Waals surface area contributed by atoms with Crippen LogP contribution in [0.3, 0.4) is 0 Å². The Morgan fingerprint density at radius 3 is 3.00 bits per heavy atom. The van der Waals surface area contributed by atoms with Gasteiger partial charge in [0.05, 0.1) is 12.7 Å². The van der Waals surface area contributed by atoms with E-state index < -0.39 is 0 Å². The largest absolute Gasteiger partial charge is 0.378 e. The second-order valence-electron chi connectivity index (χ2n) is 4.45. The maximum Gasteiger partial charge on any atom is 0.0549 e. The zero-order chi connectivity index (χ0) is 8.55. The van der Waals surface area contributed by atoms with Crippen LogP contribution in [0.1, 0.15) is 19.8 Å². The van der Waals surface area contributed by atoms with Crippen LogP contribution in [0.2, 0.25) is 0 Å². The third-order valence-electron chi connectivity index (χ3n) is 3.32. The molecule has 2 rings (SSSR count). The van der Waals surface area contributed by atoms with Gasteiger partial charge >= 0.3 is 0 Å². The van der Waals surface area contributed by atoms with E-state index in [0.717, 1.165) is 18.4 Å². The lowest BCUT2D eigenvalue weighted by Gasteiger charge is -2.41. The third kappa shape index (κ3) is 1.64. The normalized spacial score (nSPS) is 44.0. The van der Waals surface area contributed by atoms with E-state index in [4.69, 9.17) is 4.74 Å². The van der Waals surface area contributed by atoms with Crippen LogP contribution in [-0.2, 0) is 4.74 Å². The topological polar surface area (TPSA) is 12.5 Å². The highest BCUT2D eigenvalue weighted by molar-refractivity contribution is 4.83. The van der Waals surface area contributed by atoms with Crippen LogP contribution in [0, 0.1) is 11.8 Å². The van der Waals surface area contributed by atoms with Crippen molar-refractivity contribution >= 4 is 0 Å². The van der Waals surface area contributed by atoms with Crippen LogP contribution in [0.25, 0.3) is 0 Å². The fraction of sp³-hybridized carbons (Fsp3) is 1.00. The number of hydrogen-bond acceptors (Lipinski definition) is 2. The van der Waals surface area contributed by atoms with Crippen molar-refractivity contribution in [1.29, 1.82) is 0 Å². The Morgan fingerprint density at radius 1 is 1.33 bits per heavy atom. The highest BCUT2D eigenvalue weighted by Crippen LogP contribution is 2.31. The Kier molecular flexibility index (Phi) is 2.37. The molecule has 12 heavy (non-hydrogen) atoms. The lowest BCUT2D eigenvalue weighted by atomic mass is 9.81. The van der Waals surface area contributed by atoms with Gasteiger partial charge in [-0.2, -0.15) is 0 Å². The molecule has 0 spiro atoms. The van der Waals surface area contributed by atoms with E-state index in [1.54, 1.807) is 0 Å². The molecule has 2 heterocycles. The van der Waals surface area contributed by atoms with Crippen molar-refractivity contribution in [3.8, 4) is 0 Å². The maximum atomic E-state index is 5.67. The summed E-state index contributed by atoms with van der Waals surface area (Å²) in [6.45, 7) is 5.73. The lowest BCUT2D eigenvalue weighted by Crippen LogP contribution is -2.44. The summed E-state index contributed by atoms with van der Waals surface area (Å²) >= 11 is 0. The van der Waals surface area contributed by atoms with Gasteiger partial charge in [0.25, 0.3) is 0 Å². The van der Waals surface area contributed by atoms with Crippen molar-refractivity contribution < 1.29 is 4.74 Å². The maximum absolute atomic E-state index is 5.67. The molecule has 0 aromatic heterocycles. The molecule has 0 saturated carbocycles. The molecular weight excluding hydrogens is 150 g/mol. The average molecular weight is 169 g/mol. The number of likely N-dealkylation sites (tertiary alicyclic amines) is 1. The zero-order valence-electron chi connectivity index (χ0n) is 8.12. The summed E-state index contributed by atoms with van der Waals surface area (Å²) in [7, 11) is 2.22. The predicted octanol–water partition coefficient (Wildman–Crippen LogP) is 1.36. The van der Waals surface area contributed by atoms with Crippen LogP contribution in [-0.4, -0.2) is 37.7 Å². The van der Waals surface area contributed by atoms with Gasteiger partial charge in [-0.1, -0.05) is 0 Å². The van der Waals surface area contributed by atoms with E-state index >= 15 is 0 Å². The first kappa shape index (κ1) is 8.52. The van der Waals surface area contributed by atoms with Crippen LogP contribution in [0.5, 0.6) is 0 Å². The Balaban J connectivity index is 1.94. The lowest BCUT2D eigenvalue weighted by molar-refractivity contribution is -0.0619. The number of nitrogens with zero attached hydrogens (tertiary/aromatic N) is 1. The van der Waals surface area contributed by atoms with Crippen LogP contribution in [0.4, 0.5) is 0 Å². The van der Waals surface area contributed by atoms with Gasteiger partial charge in [-0.15, -0.1) is 0 Å². The van der Waals surface area contributed by atoms with Gasteiger partial charge < -0.3 is 9.64 Å². The van der Waals surface area contributed by atoms with Crippen molar-refractivity contribution in [2.24, 2.45) is 11.8 Å². The standard InChI is InChI=1S/C10H19NO/c1-8-5-9-3-4-11(2)6-10(9)7-12-8/h8-10H,3-7H2,1-2H3. The zero-order valence-corrected chi connectivity index (χ0v) is 8.12. The van der Waals surface area contributed by atoms with Gasteiger partial charge in [-0.05, 0) is 45.2 Å². The number of rotatable bonds is 0. The van der Waals surface area contributed by atoms with Crippen molar-refractivity contribution in [2.75, 3.05) is 26.7 Å². The SMILES string of the molecule is CC1CC2CCN(C)CC2CO1. The number of fused-ring (bicyclic) bond motifs is 1. The van der Waals surface area contributed by atoms with E-state index in [-0.39, 0.29) is 0 Å². The first-order valence-corrected chi connectivity index (χ1v) is 5.06. The molecule has 3 atom stereocenters. The minimum atomic E-state index is 0.509. The van der Waals surface area contributed by atoms with Crippen molar-refractivity contribution in [2.45, 2.75) is 25.9 Å². The summed E-state index contributed by atoms with van der Waals surface area (Å²) in [5.41, 5.74) is 0. The average Bonchev–Trinajstić information content (AvgIpc) is 2.05. The number of hydrogen-bond donors (Lipinski definition) is 0. The van der Waals surface area contributed by atoms with E-state index in [1.165, 1.54) is 25.9 Å². The molecule has 0 N–H and O–H groups in total. The molecule has 2 heteroatoms. The molecule has 2 aliphatic heterocycles. The van der Waals surface area contributed by atoms with Gasteiger partial charge in [0.2, 0.25) is 0 Å². The van der Waals surface area contributed by atoms with E-state index in [2.05, 4.69) is 18.9 Å². The van der Waals surface area contributed by atoms with Crippen LogP contribution < -0.4 is 0 Å². The van der Waals surface area contributed by atoms with Gasteiger partial charge in [0, 0.05) is 6.54 Å². The Hall–Kier alpha value is -0.0800. The van der Waals surface area contributed by atoms with Gasteiger partial charge in [0.1, 0.15) is 0 Å². The fourth-order valence-corrected chi connectivity index (χ4v) is 2.54. The van der Waals surface area contributed by atoms with Crippen LogP contribution in [0.15, 0.2) is 0 Å². The minimum Gasteiger partial charge on any atom is -0.378 e. The summed E-state index contributed by atoms with van der Waals surface area (Å²) < 4.78 is 5.67. The number of ether oxygens (including phenoxy) is 1. The predicted molar refractivity (Wildman–Crippen MR) is 49.1 cm³/mol. The molecule has 0 aliphatic carbocycles. The molecule has 0 radical (unpaired) electrons. The van der Waals surface area contributed by atoms with E-state index in [1.807, 2.05) is 0 Å². The monoisotopic (exact) mass is 169 g/mol. The first-order valence-electron chi connectivity index (χ1n) is 5.06. The highest BCUT2D eigenvalue weighted by atomic mass is 16.5. The second-order valence-corrected chi connectivity index (χ2v) is 4.45. The summed E-state index contributed by atoms with van der Waals surface area (Å²) in [6, 6.07) is 0. The van der Waals surface area contributed by atoms with Gasteiger partial charge in [-0.25, -0.2) is 0 Å². The summed E-state index contributed by atoms with van der Waals surface area (Å²) in [4.78, 5) is 2.43. The fourth-order valence-electron chi connectivity index (χ4n) is 2.54. The number of piperidine rings is 1. The van der Waals surface area contributed by atoms with Crippen molar-refractivity contribution in [3.05, 3.63) is 0 Å². The summed E-state index contributed by atoms with van der Waals surface area (Å²) in [5, 5.41) is 0. The molecule has 3 unspecified atom stereocenters. The Morgan fingerprint density at radius 2 is 2.17 bits per heavy atom. The minimum absolute atomic E-state index is 0.509.